The summed E-state index contributed by atoms with van der Waals surface area (Å²) in [5.74, 6) is 0. The summed E-state index contributed by atoms with van der Waals surface area (Å²) in [5.41, 5.74) is 0.596. The zero-order valence-electron chi connectivity index (χ0n) is 11.8. The van der Waals surface area contributed by atoms with Crippen molar-refractivity contribution in [2.45, 2.75) is 64.7 Å². The van der Waals surface area contributed by atoms with Gasteiger partial charge in [-0.05, 0) is 37.5 Å². The van der Waals surface area contributed by atoms with Crippen LogP contribution in [-0.4, -0.2) is 30.6 Å². The van der Waals surface area contributed by atoms with Crippen LogP contribution in [0.15, 0.2) is 0 Å². The molecule has 0 aromatic rings. The molecule has 0 radical (unpaired) electrons. The van der Waals surface area contributed by atoms with Crippen molar-refractivity contribution in [2.75, 3.05) is 19.6 Å². The Kier molecular flexibility index (Phi) is 4.90. The summed E-state index contributed by atoms with van der Waals surface area (Å²) >= 11 is 0. The number of hydrogen-bond acceptors (Lipinski definition) is 1. The first-order valence-electron chi connectivity index (χ1n) is 7.79. The van der Waals surface area contributed by atoms with Crippen molar-refractivity contribution < 1.29 is 4.79 Å². The first-order chi connectivity index (χ1) is 8.76. The van der Waals surface area contributed by atoms with E-state index in [-0.39, 0.29) is 6.03 Å². The number of piperidine rings is 1. The number of nitrogens with zero attached hydrogens (tertiary/aromatic N) is 1. The van der Waals surface area contributed by atoms with Gasteiger partial charge in [0.05, 0.1) is 0 Å². The highest BCUT2D eigenvalue weighted by molar-refractivity contribution is 5.74. The van der Waals surface area contributed by atoms with E-state index in [4.69, 9.17) is 0 Å². The first-order valence-corrected chi connectivity index (χ1v) is 7.79. The fourth-order valence-corrected chi connectivity index (χ4v) is 3.47. The van der Waals surface area contributed by atoms with Crippen LogP contribution in [0, 0.1) is 5.41 Å². The molecule has 2 aliphatic rings. The number of nitrogens with one attached hydrogen (secondary N) is 1. The number of rotatable bonds is 3. The van der Waals surface area contributed by atoms with Crippen LogP contribution in [0.1, 0.15) is 64.7 Å². The minimum absolute atomic E-state index is 0.161. The molecule has 2 amide bonds. The summed E-state index contributed by atoms with van der Waals surface area (Å²) in [5, 5.41) is 3.03. The van der Waals surface area contributed by atoms with Gasteiger partial charge in [0, 0.05) is 19.6 Å². The van der Waals surface area contributed by atoms with Gasteiger partial charge in [-0.2, -0.15) is 0 Å². The summed E-state index contributed by atoms with van der Waals surface area (Å²) in [6.07, 6.45) is 11.7. The van der Waals surface area contributed by atoms with Gasteiger partial charge in [-0.1, -0.05) is 32.6 Å². The molecular formula is C15H28N2O. The van der Waals surface area contributed by atoms with Crippen LogP contribution in [0.25, 0.3) is 0 Å². The molecule has 0 aromatic carbocycles. The molecule has 0 bridgehead atoms. The molecule has 1 heterocycles. The smallest absolute Gasteiger partial charge is 0.317 e. The largest absolute Gasteiger partial charge is 0.338 e. The Bertz CT molecular complexity index is 262. The molecule has 1 N–H and O–H groups in total. The van der Waals surface area contributed by atoms with Crippen LogP contribution in [0.5, 0.6) is 0 Å². The summed E-state index contributed by atoms with van der Waals surface area (Å²) < 4.78 is 0. The van der Waals surface area contributed by atoms with Crippen molar-refractivity contribution in [3.05, 3.63) is 0 Å². The Morgan fingerprint density at radius 3 is 2.39 bits per heavy atom. The van der Waals surface area contributed by atoms with Gasteiger partial charge < -0.3 is 10.2 Å². The lowest BCUT2D eigenvalue weighted by Crippen LogP contribution is -2.48. The third-order valence-electron chi connectivity index (χ3n) is 4.83. The zero-order valence-corrected chi connectivity index (χ0v) is 11.8. The Labute approximate surface area is 111 Å². The molecular weight excluding hydrogens is 224 g/mol. The van der Waals surface area contributed by atoms with Gasteiger partial charge in [-0.3, -0.25) is 0 Å². The SMILES string of the molecule is CCCCNC(=O)N1CCC2(CCCCC2)CC1. The Balaban J connectivity index is 1.73. The van der Waals surface area contributed by atoms with E-state index < -0.39 is 0 Å². The lowest BCUT2D eigenvalue weighted by Gasteiger charge is -2.44. The minimum Gasteiger partial charge on any atom is -0.338 e. The molecule has 2 rings (SSSR count). The molecule has 3 nitrogen and oxygen atoms in total. The molecule has 0 aromatic heterocycles. The van der Waals surface area contributed by atoms with Crippen molar-refractivity contribution in [3.8, 4) is 0 Å². The van der Waals surface area contributed by atoms with Gasteiger partial charge in [-0.25, -0.2) is 4.79 Å². The summed E-state index contributed by atoms with van der Waals surface area (Å²) in [6.45, 7) is 4.92. The third kappa shape index (κ3) is 3.39. The maximum absolute atomic E-state index is 12.0. The highest BCUT2D eigenvalue weighted by atomic mass is 16.2. The number of likely N-dealkylation sites (tertiary alicyclic amines) is 1. The Morgan fingerprint density at radius 1 is 1.11 bits per heavy atom. The lowest BCUT2D eigenvalue weighted by molar-refractivity contribution is 0.0813. The van der Waals surface area contributed by atoms with E-state index in [2.05, 4.69) is 12.2 Å². The van der Waals surface area contributed by atoms with Gasteiger partial charge in [0.25, 0.3) is 0 Å². The van der Waals surface area contributed by atoms with Crippen LogP contribution in [-0.2, 0) is 0 Å². The Hall–Kier alpha value is -0.730. The number of carbonyl (C=O) groups is 1. The quantitative estimate of drug-likeness (QED) is 0.766. The maximum Gasteiger partial charge on any atom is 0.317 e. The van der Waals surface area contributed by atoms with E-state index in [1.54, 1.807) is 0 Å². The van der Waals surface area contributed by atoms with Crippen molar-refractivity contribution in [1.82, 2.24) is 10.2 Å². The molecule has 0 atom stereocenters. The molecule has 18 heavy (non-hydrogen) atoms. The van der Waals surface area contributed by atoms with Crippen LogP contribution in [0.3, 0.4) is 0 Å². The highest BCUT2D eigenvalue weighted by Crippen LogP contribution is 2.44. The standard InChI is InChI=1S/C15H28N2O/c1-2-3-11-16-14(18)17-12-9-15(10-13-17)7-5-4-6-8-15/h2-13H2,1H3,(H,16,18). The van der Waals surface area contributed by atoms with Gasteiger partial charge in [0.15, 0.2) is 0 Å². The molecule has 1 saturated heterocycles. The topological polar surface area (TPSA) is 32.3 Å². The van der Waals surface area contributed by atoms with E-state index >= 15 is 0 Å². The van der Waals surface area contributed by atoms with Crippen molar-refractivity contribution in [1.29, 1.82) is 0 Å². The fraction of sp³-hybridized carbons (Fsp3) is 0.933. The van der Waals surface area contributed by atoms with Crippen LogP contribution in [0.4, 0.5) is 4.79 Å². The normalized spacial score (nSPS) is 23.1. The predicted octanol–water partition coefficient (Wildman–Crippen LogP) is 3.54. The Morgan fingerprint density at radius 2 is 1.78 bits per heavy atom. The lowest BCUT2D eigenvalue weighted by atomic mass is 9.68. The minimum atomic E-state index is 0.161. The fourth-order valence-electron chi connectivity index (χ4n) is 3.47. The second-order valence-electron chi connectivity index (χ2n) is 6.13. The van der Waals surface area contributed by atoms with E-state index in [0.29, 0.717) is 5.41 Å². The van der Waals surface area contributed by atoms with Crippen molar-refractivity contribution in [3.63, 3.8) is 0 Å². The van der Waals surface area contributed by atoms with Gasteiger partial charge in [-0.15, -0.1) is 0 Å². The molecule has 2 fully saturated rings. The number of carbonyl (C=O) groups excluding carboxylic acids is 1. The average molecular weight is 252 g/mol. The van der Waals surface area contributed by atoms with Crippen molar-refractivity contribution >= 4 is 6.03 Å². The molecule has 1 aliphatic carbocycles. The van der Waals surface area contributed by atoms with Crippen LogP contribution in [0.2, 0.25) is 0 Å². The second kappa shape index (κ2) is 6.44. The van der Waals surface area contributed by atoms with Crippen LogP contribution < -0.4 is 5.32 Å². The molecule has 1 aliphatic heterocycles. The predicted molar refractivity (Wildman–Crippen MR) is 74.6 cm³/mol. The van der Waals surface area contributed by atoms with Gasteiger partial charge in [0.2, 0.25) is 0 Å². The van der Waals surface area contributed by atoms with Crippen molar-refractivity contribution in [2.24, 2.45) is 5.41 Å². The summed E-state index contributed by atoms with van der Waals surface area (Å²) in [6, 6.07) is 0.161. The number of urea groups is 1. The summed E-state index contributed by atoms with van der Waals surface area (Å²) in [4.78, 5) is 14.0. The second-order valence-corrected chi connectivity index (χ2v) is 6.13. The number of unbranched alkanes of at least 4 members (excludes halogenated alkanes) is 1. The molecule has 3 heteroatoms. The van der Waals surface area contributed by atoms with Gasteiger partial charge in [0.1, 0.15) is 0 Å². The highest BCUT2D eigenvalue weighted by Gasteiger charge is 2.36. The third-order valence-corrected chi connectivity index (χ3v) is 4.83. The molecule has 104 valence electrons. The van der Waals surface area contributed by atoms with E-state index in [0.717, 1.165) is 32.5 Å². The van der Waals surface area contributed by atoms with E-state index in [1.807, 2.05) is 4.90 Å². The van der Waals surface area contributed by atoms with E-state index in [1.165, 1.54) is 44.9 Å². The molecule has 1 spiro atoms. The summed E-state index contributed by atoms with van der Waals surface area (Å²) in [7, 11) is 0. The van der Waals surface area contributed by atoms with E-state index in [9.17, 15) is 4.79 Å². The number of hydrogen-bond donors (Lipinski definition) is 1. The molecule has 0 unspecified atom stereocenters. The first kappa shape index (κ1) is 13.7. The zero-order chi connectivity index (χ0) is 12.8. The van der Waals surface area contributed by atoms with Crippen LogP contribution >= 0.6 is 0 Å². The monoisotopic (exact) mass is 252 g/mol. The maximum atomic E-state index is 12.0. The number of amides is 2. The average Bonchev–Trinajstić information content (AvgIpc) is 2.41. The molecule has 1 saturated carbocycles. The van der Waals surface area contributed by atoms with Gasteiger partial charge >= 0.3 is 6.03 Å².